The molecule has 2 N–H and O–H groups in total. The molecule has 0 bridgehead atoms. The monoisotopic (exact) mass is 226 g/mol. The summed E-state index contributed by atoms with van der Waals surface area (Å²) in [6.07, 6.45) is 2.42. The quantitative estimate of drug-likeness (QED) is 0.830. The number of hydrogen-bond donors (Lipinski definition) is 2. The summed E-state index contributed by atoms with van der Waals surface area (Å²) >= 11 is 5.90. The third kappa shape index (κ3) is 2.21. The number of pyridine rings is 1. The number of carboxylic acid groups (broad SMARTS) is 1. The lowest BCUT2D eigenvalue weighted by molar-refractivity contribution is 0.0696. The second-order valence-electron chi connectivity index (χ2n) is 3.82. The van der Waals surface area contributed by atoms with Crippen molar-refractivity contribution in [2.45, 2.75) is 19.4 Å². The van der Waals surface area contributed by atoms with Gasteiger partial charge in [0.05, 0.1) is 10.6 Å². The van der Waals surface area contributed by atoms with E-state index in [4.69, 9.17) is 16.7 Å². The molecule has 1 aromatic rings. The van der Waals surface area contributed by atoms with Gasteiger partial charge in [0.1, 0.15) is 5.82 Å². The average Bonchev–Trinajstić information content (AvgIpc) is 2.85. The standard InChI is InChI=1S/C10H11ClN2O2/c1-5-2-8(5)13-9-7(11)3-6(4-12-9)10(14)15/h3-5,8H,2H2,1H3,(H,12,13)(H,14,15). The van der Waals surface area contributed by atoms with Crippen LogP contribution in [-0.4, -0.2) is 22.1 Å². The number of aromatic carboxylic acids is 1. The molecule has 1 saturated carbocycles. The Morgan fingerprint density at radius 1 is 1.73 bits per heavy atom. The SMILES string of the molecule is CC1CC1Nc1ncc(C(=O)O)cc1Cl. The molecule has 2 atom stereocenters. The van der Waals surface area contributed by atoms with Gasteiger partial charge in [0.25, 0.3) is 0 Å². The van der Waals surface area contributed by atoms with E-state index < -0.39 is 5.97 Å². The van der Waals surface area contributed by atoms with Crippen LogP contribution in [0.2, 0.25) is 5.02 Å². The molecule has 2 unspecified atom stereocenters. The lowest BCUT2D eigenvalue weighted by atomic mass is 10.3. The first-order chi connectivity index (χ1) is 7.08. The lowest BCUT2D eigenvalue weighted by Crippen LogP contribution is -2.07. The molecular weight excluding hydrogens is 216 g/mol. The Morgan fingerprint density at radius 3 is 2.87 bits per heavy atom. The Morgan fingerprint density at radius 2 is 2.40 bits per heavy atom. The van der Waals surface area contributed by atoms with Gasteiger partial charge in [-0.3, -0.25) is 0 Å². The summed E-state index contributed by atoms with van der Waals surface area (Å²) in [5.74, 6) is 0.189. The van der Waals surface area contributed by atoms with Crippen molar-refractivity contribution >= 4 is 23.4 Å². The van der Waals surface area contributed by atoms with Crippen LogP contribution < -0.4 is 5.32 Å². The molecule has 80 valence electrons. The molecule has 1 fully saturated rings. The predicted molar refractivity (Wildman–Crippen MR) is 57.4 cm³/mol. The van der Waals surface area contributed by atoms with Crippen LogP contribution in [0.1, 0.15) is 23.7 Å². The Balaban J connectivity index is 2.15. The summed E-state index contributed by atoms with van der Waals surface area (Å²) in [6.45, 7) is 2.14. The van der Waals surface area contributed by atoms with Crippen molar-refractivity contribution in [2.75, 3.05) is 5.32 Å². The minimum absolute atomic E-state index is 0.106. The number of aromatic nitrogens is 1. The van der Waals surface area contributed by atoms with Gasteiger partial charge in [-0.15, -0.1) is 0 Å². The van der Waals surface area contributed by atoms with Crippen molar-refractivity contribution in [3.05, 3.63) is 22.8 Å². The molecule has 0 aromatic carbocycles. The van der Waals surface area contributed by atoms with Crippen molar-refractivity contribution in [1.29, 1.82) is 0 Å². The minimum atomic E-state index is -1.02. The number of nitrogens with zero attached hydrogens (tertiary/aromatic N) is 1. The molecule has 0 amide bonds. The molecule has 0 aliphatic heterocycles. The van der Waals surface area contributed by atoms with Crippen LogP contribution in [0.3, 0.4) is 0 Å². The number of halogens is 1. The van der Waals surface area contributed by atoms with Crippen LogP contribution in [0.25, 0.3) is 0 Å². The smallest absolute Gasteiger partial charge is 0.337 e. The van der Waals surface area contributed by atoms with Crippen LogP contribution in [0, 0.1) is 5.92 Å². The molecule has 2 rings (SSSR count). The molecule has 1 aliphatic rings. The molecular formula is C10H11ClN2O2. The summed E-state index contributed by atoms with van der Waals surface area (Å²) in [5, 5.41) is 12.2. The summed E-state index contributed by atoms with van der Waals surface area (Å²) in [6, 6.07) is 1.83. The van der Waals surface area contributed by atoms with Gasteiger partial charge in [-0.1, -0.05) is 18.5 Å². The van der Waals surface area contributed by atoms with E-state index in [0.29, 0.717) is 22.8 Å². The maximum Gasteiger partial charge on any atom is 0.337 e. The number of nitrogens with one attached hydrogen (secondary N) is 1. The van der Waals surface area contributed by atoms with E-state index in [1.807, 2.05) is 0 Å². The minimum Gasteiger partial charge on any atom is -0.478 e. The molecule has 0 radical (unpaired) electrons. The molecule has 1 aromatic heterocycles. The van der Waals surface area contributed by atoms with Gasteiger partial charge < -0.3 is 10.4 Å². The molecule has 4 nitrogen and oxygen atoms in total. The summed E-state index contributed by atoms with van der Waals surface area (Å²) in [7, 11) is 0. The number of rotatable bonds is 3. The first kappa shape index (κ1) is 10.2. The van der Waals surface area contributed by atoms with Gasteiger partial charge in [0.2, 0.25) is 0 Å². The predicted octanol–water partition coefficient (Wildman–Crippen LogP) is 2.25. The molecule has 5 heteroatoms. The van der Waals surface area contributed by atoms with E-state index >= 15 is 0 Å². The van der Waals surface area contributed by atoms with E-state index in [9.17, 15) is 4.79 Å². The van der Waals surface area contributed by atoms with Gasteiger partial charge in [-0.25, -0.2) is 9.78 Å². The Kier molecular flexibility index (Phi) is 2.52. The van der Waals surface area contributed by atoms with Gasteiger partial charge in [0.15, 0.2) is 0 Å². The lowest BCUT2D eigenvalue weighted by Gasteiger charge is -2.06. The highest BCUT2D eigenvalue weighted by atomic mass is 35.5. The fourth-order valence-corrected chi connectivity index (χ4v) is 1.58. The average molecular weight is 227 g/mol. The fraction of sp³-hybridized carbons (Fsp3) is 0.400. The zero-order valence-corrected chi connectivity index (χ0v) is 8.95. The Labute approximate surface area is 92.3 Å². The number of carboxylic acids is 1. The Bertz CT molecular complexity index is 408. The topological polar surface area (TPSA) is 62.2 Å². The van der Waals surface area contributed by atoms with Crippen molar-refractivity contribution in [1.82, 2.24) is 4.98 Å². The highest BCUT2D eigenvalue weighted by Crippen LogP contribution is 2.34. The normalized spacial score (nSPS) is 23.6. The van der Waals surface area contributed by atoms with Gasteiger partial charge in [-0.05, 0) is 18.4 Å². The maximum atomic E-state index is 10.6. The van der Waals surface area contributed by atoms with Gasteiger partial charge >= 0.3 is 5.97 Å². The summed E-state index contributed by atoms with van der Waals surface area (Å²) in [4.78, 5) is 14.6. The highest BCUT2D eigenvalue weighted by Gasteiger charge is 2.33. The number of hydrogen-bond acceptors (Lipinski definition) is 3. The molecule has 15 heavy (non-hydrogen) atoms. The van der Waals surface area contributed by atoms with Crippen molar-refractivity contribution < 1.29 is 9.90 Å². The zero-order chi connectivity index (χ0) is 11.0. The number of anilines is 1. The first-order valence-corrected chi connectivity index (χ1v) is 5.11. The van der Waals surface area contributed by atoms with E-state index in [2.05, 4.69) is 17.2 Å². The molecule has 0 spiro atoms. The number of carbonyl (C=O) groups is 1. The fourth-order valence-electron chi connectivity index (χ4n) is 1.36. The zero-order valence-electron chi connectivity index (χ0n) is 8.20. The van der Waals surface area contributed by atoms with E-state index in [0.717, 1.165) is 6.42 Å². The van der Waals surface area contributed by atoms with Crippen LogP contribution in [0.5, 0.6) is 0 Å². The second kappa shape index (κ2) is 3.70. The highest BCUT2D eigenvalue weighted by molar-refractivity contribution is 6.33. The molecule has 0 saturated heterocycles. The largest absolute Gasteiger partial charge is 0.478 e. The van der Waals surface area contributed by atoms with Crippen LogP contribution >= 0.6 is 11.6 Å². The van der Waals surface area contributed by atoms with Crippen LogP contribution in [0.4, 0.5) is 5.82 Å². The van der Waals surface area contributed by atoms with Gasteiger partial charge in [0, 0.05) is 12.2 Å². The maximum absolute atomic E-state index is 10.6. The van der Waals surface area contributed by atoms with E-state index in [-0.39, 0.29) is 5.56 Å². The summed E-state index contributed by atoms with van der Waals surface area (Å²) < 4.78 is 0. The van der Waals surface area contributed by atoms with E-state index in [1.165, 1.54) is 12.3 Å². The second-order valence-corrected chi connectivity index (χ2v) is 4.23. The van der Waals surface area contributed by atoms with E-state index in [1.54, 1.807) is 0 Å². The van der Waals surface area contributed by atoms with Gasteiger partial charge in [-0.2, -0.15) is 0 Å². The van der Waals surface area contributed by atoms with Crippen molar-refractivity contribution in [2.24, 2.45) is 5.92 Å². The van der Waals surface area contributed by atoms with Crippen LogP contribution in [-0.2, 0) is 0 Å². The van der Waals surface area contributed by atoms with Crippen molar-refractivity contribution in [3.8, 4) is 0 Å². The molecule has 1 aliphatic carbocycles. The third-order valence-corrected chi connectivity index (χ3v) is 2.81. The molecule has 1 heterocycles. The Hall–Kier alpha value is -1.29. The van der Waals surface area contributed by atoms with Crippen LogP contribution in [0.15, 0.2) is 12.3 Å². The third-order valence-electron chi connectivity index (χ3n) is 2.52. The van der Waals surface area contributed by atoms with Crippen molar-refractivity contribution in [3.63, 3.8) is 0 Å². The first-order valence-electron chi connectivity index (χ1n) is 4.73. The summed E-state index contributed by atoms with van der Waals surface area (Å²) in [5.41, 5.74) is 0.106.